The molecule has 3 aromatic rings. The number of nitro groups is 1. The number of hydrogen-bond donors (Lipinski definition) is 0. The van der Waals surface area contributed by atoms with Gasteiger partial charge in [-0.1, -0.05) is 48.5 Å². The number of esters is 1. The summed E-state index contributed by atoms with van der Waals surface area (Å²) in [7, 11) is 0. The van der Waals surface area contributed by atoms with Crippen LogP contribution in [0.2, 0.25) is 0 Å². The molecule has 0 unspecified atom stereocenters. The number of ether oxygens (including phenoxy) is 1. The third-order valence-corrected chi connectivity index (χ3v) is 4.16. The van der Waals surface area contributed by atoms with Crippen LogP contribution in [0.3, 0.4) is 0 Å². The van der Waals surface area contributed by atoms with Gasteiger partial charge in [0.15, 0.2) is 18.2 Å². The molecule has 0 spiro atoms. The third kappa shape index (κ3) is 4.59. The van der Waals surface area contributed by atoms with E-state index in [4.69, 9.17) is 4.74 Å². The SMILES string of the molecule is O=C(COC(=O)c1ccccc1C(=O)c1ccccc1)c1ccc([N+](=O)[O-])cc1. The second-order valence-electron chi connectivity index (χ2n) is 6.04. The van der Waals surface area contributed by atoms with Gasteiger partial charge >= 0.3 is 5.97 Å². The van der Waals surface area contributed by atoms with Crippen molar-refractivity contribution in [2.24, 2.45) is 0 Å². The van der Waals surface area contributed by atoms with Crippen LogP contribution in [0.25, 0.3) is 0 Å². The first kappa shape index (κ1) is 19.6. The predicted molar refractivity (Wildman–Crippen MR) is 104 cm³/mol. The van der Waals surface area contributed by atoms with Gasteiger partial charge in [-0.2, -0.15) is 0 Å². The van der Waals surface area contributed by atoms with Crippen molar-refractivity contribution in [2.75, 3.05) is 6.61 Å². The molecule has 29 heavy (non-hydrogen) atoms. The van der Waals surface area contributed by atoms with Gasteiger partial charge in [0.2, 0.25) is 0 Å². The normalized spacial score (nSPS) is 10.2. The lowest BCUT2D eigenvalue weighted by atomic mass is 9.98. The van der Waals surface area contributed by atoms with Crippen LogP contribution in [-0.2, 0) is 4.74 Å². The molecule has 0 aliphatic heterocycles. The molecule has 0 saturated heterocycles. The molecule has 0 amide bonds. The van der Waals surface area contributed by atoms with Gasteiger partial charge in [-0.15, -0.1) is 0 Å². The first-order valence-corrected chi connectivity index (χ1v) is 8.61. The molecule has 7 heteroatoms. The molecule has 144 valence electrons. The van der Waals surface area contributed by atoms with E-state index in [2.05, 4.69) is 0 Å². The lowest BCUT2D eigenvalue weighted by Gasteiger charge is -2.09. The van der Waals surface area contributed by atoms with Gasteiger partial charge in [-0.3, -0.25) is 19.7 Å². The molecule has 0 atom stereocenters. The Hall–Kier alpha value is -4.13. The fourth-order valence-corrected chi connectivity index (χ4v) is 2.67. The summed E-state index contributed by atoms with van der Waals surface area (Å²) in [6, 6.07) is 19.7. The van der Waals surface area contributed by atoms with Crippen molar-refractivity contribution < 1.29 is 24.0 Å². The number of nitrogens with zero attached hydrogens (tertiary/aromatic N) is 1. The van der Waals surface area contributed by atoms with E-state index in [0.29, 0.717) is 5.56 Å². The molecule has 0 radical (unpaired) electrons. The number of carbonyl (C=O) groups excluding carboxylic acids is 3. The smallest absolute Gasteiger partial charge is 0.339 e. The molecule has 7 nitrogen and oxygen atoms in total. The van der Waals surface area contributed by atoms with E-state index in [1.54, 1.807) is 42.5 Å². The summed E-state index contributed by atoms with van der Waals surface area (Å²) in [5.41, 5.74) is 0.683. The zero-order valence-electron chi connectivity index (χ0n) is 15.1. The molecule has 0 saturated carbocycles. The summed E-state index contributed by atoms with van der Waals surface area (Å²) in [4.78, 5) is 47.4. The highest BCUT2D eigenvalue weighted by Gasteiger charge is 2.20. The first-order valence-electron chi connectivity index (χ1n) is 8.61. The Kier molecular flexibility index (Phi) is 5.89. The summed E-state index contributed by atoms with van der Waals surface area (Å²) in [6.45, 7) is -0.551. The molecule has 0 aromatic heterocycles. The van der Waals surface area contributed by atoms with Crippen LogP contribution in [0.1, 0.15) is 36.6 Å². The topological polar surface area (TPSA) is 104 Å². The lowest BCUT2D eigenvalue weighted by molar-refractivity contribution is -0.384. The molecule has 0 bridgehead atoms. The molecular weight excluding hydrogens is 374 g/mol. The average Bonchev–Trinajstić information content (AvgIpc) is 2.77. The molecular formula is C22H15NO6. The van der Waals surface area contributed by atoms with Crippen LogP contribution in [-0.4, -0.2) is 29.1 Å². The number of hydrogen-bond acceptors (Lipinski definition) is 6. The van der Waals surface area contributed by atoms with Gasteiger partial charge in [-0.05, 0) is 18.2 Å². The summed E-state index contributed by atoms with van der Waals surface area (Å²) >= 11 is 0. The van der Waals surface area contributed by atoms with Gasteiger partial charge in [0.05, 0.1) is 10.5 Å². The number of benzene rings is 3. The molecule has 3 aromatic carbocycles. The predicted octanol–water partition coefficient (Wildman–Crippen LogP) is 3.87. The van der Waals surface area contributed by atoms with Gasteiger partial charge < -0.3 is 4.74 Å². The highest BCUT2D eigenvalue weighted by Crippen LogP contribution is 2.17. The van der Waals surface area contributed by atoms with Crippen LogP contribution in [0, 0.1) is 10.1 Å². The number of carbonyl (C=O) groups is 3. The van der Waals surface area contributed by atoms with Crippen molar-refractivity contribution >= 4 is 23.2 Å². The summed E-state index contributed by atoms with van der Waals surface area (Å²) in [5, 5.41) is 10.7. The van der Waals surface area contributed by atoms with Gasteiger partial charge in [0, 0.05) is 28.8 Å². The Bertz CT molecular complexity index is 1070. The van der Waals surface area contributed by atoms with Crippen LogP contribution in [0.4, 0.5) is 5.69 Å². The maximum Gasteiger partial charge on any atom is 0.339 e. The fraction of sp³-hybridized carbons (Fsp3) is 0.0455. The zero-order valence-corrected chi connectivity index (χ0v) is 15.1. The monoisotopic (exact) mass is 389 g/mol. The fourth-order valence-electron chi connectivity index (χ4n) is 2.67. The lowest BCUT2D eigenvalue weighted by Crippen LogP contribution is -2.17. The van der Waals surface area contributed by atoms with Gasteiger partial charge in [0.25, 0.3) is 5.69 Å². The van der Waals surface area contributed by atoms with Crippen LogP contribution >= 0.6 is 0 Å². The van der Waals surface area contributed by atoms with Crippen molar-refractivity contribution in [1.29, 1.82) is 0 Å². The minimum atomic E-state index is -0.805. The Labute approximate surface area is 165 Å². The summed E-state index contributed by atoms with van der Waals surface area (Å²) < 4.78 is 5.07. The minimum Gasteiger partial charge on any atom is -0.454 e. The summed E-state index contributed by atoms with van der Waals surface area (Å²) in [6.07, 6.45) is 0. The van der Waals surface area contributed by atoms with E-state index >= 15 is 0 Å². The van der Waals surface area contributed by atoms with Crippen molar-refractivity contribution in [2.45, 2.75) is 0 Å². The second kappa shape index (κ2) is 8.71. The zero-order chi connectivity index (χ0) is 20.8. The van der Waals surface area contributed by atoms with E-state index in [9.17, 15) is 24.5 Å². The highest BCUT2D eigenvalue weighted by molar-refractivity contribution is 6.14. The quantitative estimate of drug-likeness (QED) is 0.263. The number of rotatable bonds is 7. The van der Waals surface area contributed by atoms with Gasteiger partial charge in [0.1, 0.15) is 0 Å². The van der Waals surface area contributed by atoms with E-state index in [-0.39, 0.29) is 28.2 Å². The number of ketones is 2. The average molecular weight is 389 g/mol. The molecule has 0 N–H and O–H groups in total. The standard InChI is InChI=1S/C22H15NO6/c24-20(15-10-12-17(13-11-15)23(27)28)14-29-22(26)19-9-5-4-8-18(19)21(25)16-6-2-1-3-7-16/h1-13H,14H2. The molecule has 0 aliphatic carbocycles. The van der Waals surface area contributed by atoms with E-state index in [1.807, 2.05) is 0 Å². The van der Waals surface area contributed by atoms with Gasteiger partial charge in [-0.25, -0.2) is 4.79 Å². The van der Waals surface area contributed by atoms with Crippen molar-refractivity contribution in [3.63, 3.8) is 0 Å². The van der Waals surface area contributed by atoms with Crippen molar-refractivity contribution in [3.8, 4) is 0 Å². The third-order valence-electron chi connectivity index (χ3n) is 4.16. The Balaban J connectivity index is 1.72. The highest BCUT2D eigenvalue weighted by atomic mass is 16.6. The van der Waals surface area contributed by atoms with Crippen LogP contribution in [0.15, 0.2) is 78.9 Å². The van der Waals surface area contributed by atoms with E-state index < -0.39 is 23.3 Å². The van der Waals surface area contributed by atoms with Crippen LogP contribution < -0.4 is 0 Å². The number of Topliss-reactive ketones (excluding diaryl/α,β-unsaturated/α-hetero) is 1. The molecule has 3 rings (SSSR count). The van der Waals surface area contributed by atoms with Crippen LogP contribution in [0.5, 0.6) is 0 Å². The van der Waals surface area contributed by atoms with E-state index in [1.165, 1.54) is 36.4 Å². The largest absolute Gasteiger partial charge is 0.454 e. The first-order chi connectivity index (χ1) is 14.0. The van der Waals surface area contributed by atoms with E-state index in [0.717, 1.165) is 0 Å². The molecule has 0 aliphatic rings. The Morgan fingerprint density at radius 1 is 0.759 bits per heavy atom. The number of non-ortho nitro benzene ring substituents is 1. The second-order valence-corrected chi connectivity index (χ2v) is 6.04. The van der Waals surface area contributed by atoms with Crippen molar-refractivity contribution in [3.05, 3.63) is 111 Å². The maximum atomic E-state index is 12.7. The molecule has 0 fully saturated rings. The minimum absolute atomic E-state index is 0.0536. The van der Waals surface area contributed by atoms with Crippen molar-refractivity contribution in [1.82, 2.24) is 0 Å². The Morgan fingerprint density at radius 2 is 1.34 bits per heavy atom. The maximum absolute atomic E-state index is 12.7. The Morgan fingerprint density at radius 3 is 1.97 bits per heavy atom. The molecule has 0 heterocycles. The number of nitro benzene ring substituents is 1. The summed E-state index contributed by atoms with van der Waals surface area (Å²) in [5.74, 6) is -1.65.